The van der Waals surface area contributed by atoms with Gasteiger partial charge in [-0.1, -0.05) is 42.5 Å². The van der Waals surface area contributed by atoms with Crippen LogP contribution >= 0.6 is 0 Å². The van der Waals surface area contributed by atoms with E-state index < -0.39 is 0 Å². The molecule has 0 saturated heterocycles. The van der Waals surface area contributed by atoms with Crippen molar-refractivity contribution in [1.82, 2.24) is 0 Å². The highest BCUT2D eigenvalue weighted by molar-refractivity contribution is 5.91. The highest BCUT2D eigenvalue weighted by atomic mass is 16.5. The molecule has 21 heavy (non-hydrogen) atoms. The predicted octanol–water partition coefficient (Wildman–Crippen LogP) is 4.41. The average Bonchev–Trinajstić information content (AvgIpc) is 2.54. The third-order valence-electron chi connectivity index (χ3n) is 3.95. The molecule has 2 atom stereocenters. The first-order valence-corrected chi connectivity index (χ1v) is 7.43. The Bertz CT molecular complexity index is 566. The second kappa shape index (κ2) is 7.07. The Morgan fingerprint density at radius 1 is 1.38 bits per heavy atom. The second-order valence-corrected chi connectivity index (χ2v) is 5.15. The van der Waals surface area contributed by atoms with Gasteiger partial charge < -0.3 is 4.74 Å². The van der Waals surface area contributed by atoms with Crippen molar-refractivity contribution in [3.8, 4) is 0 Å². The van der Waals surface area contributed by atoms with E-state index >= 15 is 0 Å². The van der Waals surface area contributed by atoms with E-state index in [1.54, 1.807) is 0 Å². The van der Waals surface area contributed by atoms with Gasteiger partial charge in [-0.05, 0) is 37.5 Å². The Morgan fingerprint density at radius 2 is 2.10 bits per heavy atom. The highest BCUT2D eigenvalue weighted by Crippen LogP contribution is 2.40. The van der Waals surface area contributed by atoms with Crippen LogP contribution in [0.4, 0.5) is 0 Å². The molecule has 0 heterocycles. The van der Waals surface area contributed by atoms with Gasteiger partial charge in [-0.3, -0.25) is 0 Å². The van der Waals surface area contributed by atoms with E-state index in [9.17, 15) is 4.79 Å². The fraction of sp³-hybridized carbons (Fsp3) is 0.316. The van der Waals surface area contributed by atoms with Crippen LogP contribution in [-0.2, 0) is 9.53 Å². The SMILES string of the molecule is C=C[C@@H]1C[C@H](c2ccccc2)C(C(=O)OCC)=C/C1=C\C. The van der Waals surface area contributed by atoms with E-state index in [0.717, 1.165) is 23.1 Å². The van der Waals surface area contributed by atoms with Crippen LogP contribution in [0.5, 0.6) is 0 Å². The molecule has 0 bridgehead atoms. The summed E-state index contributed by atoms with van der Waals surface area (Å²) in [6, 6.07) is 10.1. The smallest absolute Gasteiger partial charge is 0.334 e. The summed E-state index contributed by atoms with van der Waals surface area (Å²) < 4.78 is 5.23. The molecule has 0 fully saturated rings. The number of carbonyl (C=O) groups is 1. The second-order valence-electron chi connectivity index (χ2n) is 5.15. The lowest BCUT2D eigenvalue weighted by Gasteiger charge is -2.29. The average molecular weight is 282 g/mol. The molecular formula is C19H22O2. The number of esters is 1. The third-order valence-corrected chi connectivity index (χ3v) is 3.95. The Morgan fingerprint density at radius 3 is 2.67 bits per heavy atom. The summed E-state index contributed by atoms with van der Waals surface area (Å²) in [7, 11) is 0. The Labute approximate surface area is 126 Å². The van der Waals surface area contributed by atoms with Crippen molar-refractivity contribution in [3.63, 3.8) is 0 Å². The first-order chi connectivity index (χ1) is 10.2. The van der Waals surface area contributed by atoms with E-state index in [4.69, 9.17) is 4.74 Å². The molecule has 1 aliphatic rings. The van der Waals surface area contributed by atoms with Crippen LogP contribution in [0.15, 0.2) is 66.3 Å². The molecule has 2 heteroatoms. The van der Waals surface area contributed by atoms with Crippen molar-refractivity contribution in [1.29, 1.82) is 0 Å². The third kappa shape index (κ3) is 3.33. The zero-order valence-electron chi connectivity index (χ0n) is 12.7. The van der Waals surface area contributed by atoms with Gasteiger partial charge in [-0.15, -0.1) is 6.58 Å². The van der Waals surface area contributed by atoms with Gasteiger partial charge in [0, 0.05) is 17.4 Å². The van der Waals surface area contributed by atoms with Crippen molar-refractivity contribution in [3.05, 3.63) is 71.8 Å². The number of ether oxygens (including phenoxy) is 1. The molecule has 2 rings (SSSR count). The summed E-state index contributed by atoms with van der Waals surface area (Å²) in [6.45, 7) is 8.16. The zero-order chi connectivity index (χ0) is 15.2. The lowest BCUT2D eigenvalue weighted by atomic mass is 9.75. The summed E-state index contributed by atoms with van der Waals surface area (Å²) in [5.74, 6) is 0.128. The molecule has 0 saturated carbocycles. The number of allylic oxidation sites excluding steroid dienone is 4. The summed E-state index contributed by atoms with van der Waals surface area (Å²) in [6.07, 6.45) is 6.85. The zero-order valence-corrected chi connectivity index (χ0v) is 12.7. The predicted molar refractivity (Wildman–Crippen MR) is 86.0 cm³/mol. The maximum atomic E-state index is 12.3. The first kappa shape index (κ1) is 15.3. The quantitative estimate of drug-likeness (QED) is 0.604. The molecule has 1 aromatic rings. The fourth-order valence-electron chi connectivity index (χ4n) is 2.85. The fourth-order valence-corrected chi connectivity index (χ4v) is 2.85. The van der Waals surface area contributed by atoms with Gasteiger partial charge in [0.1, 0.15) is 0 Å². The Kier molecular flexibility index (Phi) is 5.15. The van der Waals surface area contributed by atoms with Crippen LogP contribution < -0.4 is 0 Å². The lowest BCUT2D eigenvalue weighted by Crippen LogP contribution is -2.22. The van der Waals surface area contributed by atoms with E-state index in [1.807, 2.05) is 50.3 Å². The summed E-state index contributed by atoms with van der Waals surface area (Å²) in [5, 5.41) is 0. The van der Waals surface area contributed by atoms with E-state index in [1.165, 1.54) is 0 Å². The molecule has 110 valence electrons. The number of hydrogen-bond donors (Lipinski definition) is 0. The number of benzene rings is 1. The van der Waals surface area contributed by atoms with Crippen molar-refractivity contribution in [2.24, 2.45) is 5.92 Å². The Hall–Kier alpha value is -2.09. The first-order valence-electron chi connectivity index (χ1n) is 7.43. The maximum absolute atomic E-state index is 12.3. The van der Waals surface area contributed by atoms with Gasteiger partial charge in [0.25, 0.3) is 0 Å². The lowest BCUT2D eigenvalue weighted by molar-refractivity contribution is -0.138. The van der Waals surface area contributed by atoms with Crippen molar-refractivity contribution in [2.45, 2.75) is 26.2 Å². The normalized spacial score (nSPS) is 23.5. The molecule has 0 radical (unpaired) electrons. The molecule has 0 unspecified atom stereocenters. The van der Waals surface area contributed by atoms with Gasteiger partial charge in [0.2, 0.25) is 0 Å². The monoisotopic (exact) mass is 282 g/mol. The topological polar surface area (TPSA) is 26.3 Å². The number of hydrogen-bond acceptors (Lipinski definition) is 2. The largest absolute Gasteiger partial charge is 0.463 e. The van der Waals surface area contributed by atoms with Crippen LogP contribution in [0.25, 0.3) is 0 Å². The van der Waals surface area contributed by atoms with Gasteiger partial charge in [-0.25, -0.2) is 4.79 Å². The molecule has 2 nitrogen and oxygen atoms in total. The molecular weight excluding hydrogens is 260 g/mol. The van der Waals surface area contributed by atoms with E-state index in [2.05, 4.69) is 18.7 Å². The van der Waals surface area contributed by atoms with Crippen molar-refractivity contribution >= 4 is 5.97 Å². The van der Waals surface area contributed by atoms with Crippen LogP contribution in [0.3, 0.4) is 0 Å². The molecule has 0 aromatic heterocycles. The Balaban J connectivity index is 2.45. The van der Waals surface area contributed by atoms with E-state index in [0.29, 0.717) is 6.61 Å². The van der Waals surface area contributed by atoms with Gasteiger partial charge >= 0.3 is 5.97 Å². The maximum Gasteiger partial charge on any atom is 0.334 e. The highest BCUT2D eigenvalue weighted by Gasteiger charge is 2.31. The van der Waals surface area contributed by atoms with E-state index in [-0.39, 0.29) is 17.8 Å². The van der Waals surface area contributed by atoms with Gasteiger partial charge in [0.05, 0.1) is 6.61 Å². The minimum atomic E-state index is -0.215. The van der Waals surface area contributed by atoms with Crippen molar-refractivity contribution < 1.29 is 9.53 Å². The standard InChI is InChI=1S/C19H22O2/c1-4-14-12-17(16-10-8-7-9-11-16)18(13-15(14)5-2)19(20)21-6-3/h4-5,7-11,13-14,17H,1,6,12H2,2-3H3/b15-5+/t14-,17-/m1/s1. The van der Waals surface area contributed by atoms with Crippen LogP contribution in [0.1, 0.15) is 31.7 Å². The van der Waals surface area contributed by atoms with Crippen LogP contribution in [0, 0.1) is 5.92 Å². The molecule has 0 spiro atoms. The van der Waals surface area contributed by atoms with Gasteiger partial charge in [-0.2, -0.15) is 0 Å². The minimum absolute atomic E-state index is 0.0666. The van der Waals surface area contributed by atoms with Gasteiger partial charge in [0.15, 0.2) is 0 Å². The summed E-state index contributed by atoms with van der Waals surface area (Å²) >= 11 is 0. The molecule has 0 aliphatic heterocycles. The summed E-state index contributed by atoms with van der Waals surface area (Å²) in [5.41, 5.74) is 3.04. The molecule has 1 aromatic carbocycles. The number of carbonyl (C=O) groups excluding carboxylic acids is 1. The molecule has 1 aliphatic carbocycles. The van der Waals surface area contributed by atoms with Crippen LogP contribution in [0.2, 0.25) is 0 Å². The molecule has 0 amide bonds. The number of rotatable bonds is 4. The van der Waals surface area contributed by atoms with Crippen molar-refractivity contribution in [2.75, 3.05) is 6.61 Å². The molecule has 0 N–H and O–H groups in total. The summed E-state index contributed by atoms with van der Waals surface area (Å²) in [4.78, 5) is 12.3. The minimum Gasteiger partial charge on any atom is -0.463 e. The van der Waals surface area contributed by atoms with Crippen LogP contribution in [-0.4, -0.2) is 12.6 Å².